The number of aromatic nitrogens is 2. The zero-order valence-electron chi connectivity index (χ0n) is 22.6. The molecule has 0 saturated heterocycles. The van der Waals surface area contributed by atoms with E-state index in [1.807, 2.05) is 6.20 Å². The Labute approximate surface area is 232 Å². The highest BCUT2D eigenvalue weighted by molar-refractivity contribution is 5.85. The summed E-state index contributed by atoms with van der Waals surface area (Å²) in [6, 6.07) is 35.5. The van der Waals surface area contributed by atoms with E-state index in [1.165, 1.54) is 96.0 Å². The molecule has 2 nitrogen and oxygen atoms in total. The minimum Gasteiger partial charge on any atom is -0.299 e. The summed E-state index contributed by atoms with van der Waals surface area (Å²) >= 11 is 0. The molecule has 0 radical (unpaired) electrons. The molecule has 0 unspecified atom stereocenters. The molecule has 5 aromatic rings. The van der Waals surface area contributed by atoms with Gasteiger partial charge in [-0.05, 0) is 77.0 Å². The van der Waals surface area contributed by atoms with Crippen molar-refractivity contribution >= 4 is 0 Å². The highest BCUT2D eigenvalue weighted by Crippen LogP contribution is 2.51. The second kappa shape index (κ2) is 10.7. The van der Waals surface area contributed by atoms with Gasteiger partial charge in [0, 0.05) is 18.0 Å². The molecule has 2 heteroatoms. The van der Waals surface area contributed by atoms with Gasteiger partial charge in [-0.15, -0.1) is 0 Å². The topological polar surface area (TPSA) is 17.8 Å². The van der Waals surface area contributed by atoms with E-state index >= 15 is 0 Å². The highest BCUT2D eigenvalue weighted by Gasteiger charge is 2.33. The monoisotopic (exact) mass is 508 g/mol. The molecule has 0 amide bonds. The standard InChI is InChI=1S/C37H36N2/c1-4-14-27(15-5-1)32-26-33(28-16-6-2-7-17-28)35(30-20-12-13-21-30)36(34(32)29-18-10-11-19-29)39-25-24-38-37(39)31-22-8-3-9-23-31/h1-9,14-17,22-26,29-30H,10-13,18-21H2. The van der Waals surface area contributed by atoms with Gasteiger partial charge in [-0.25, -0.2) is 4.98 Å². The molecule has 0 aliphatic heterocycles. The Morgan fingerprint density at radius 1 is 0.538 bits per heavy atom. The fraction of sp³-hybridized carbons (Fsp3) is 0.270. The largest absolute Gasteiger partial charge is 0.299 e. The third kappa shape index (κ3) is 4.52. The zero-order valence-corrected chi connectivity index (χ0v) is 22.6. The van der Waals surface area contributed by atoms with Gasteiger partial charge >= 0.3 is 0 Å². The molecule has 2 saturated carbocycles. The molecule has 2 fully saturated rings. The SMILES string of the molecule is c1ccc(-c2cc(-c3ccccc3)c(C3CCCC3)c(-n3ccnc3-c3ccccc3)c2C2CCCC2)cc1. The lowest BCUT2D eigenvalue weighted by Gasteiger charge is -2.30. The van der Waals surface area contributed by atoms with E-state index in [1.54, 1.807) is 0 Å². The van der Waals surface area contributed by atoms with E-state index in [-0.39, 0.29) is 0 Å². The molecule has 2 aliphatic rings. The van der Waals surface area contributed by atoms with Crippen LogP contribution in [0.1, 0.15) is 74.3 Å². The van der Waals surface area contributed by atoms with Crippen molar-refractivity contribution in [3.63, 3.8) is 0 Å². The Balaban J connectivity index is 1.61. The molecule has 39 heavy (non-hydrogen) atoms. The first kappa shape index (κ1) is 24.2. The lowest BCUT2D eigenvalue weighted by molar-refractivity contribution is 0.691. The zero-order chi connectivity index (χ0) is 26.0. The van der Waals surface area contributed by atoms with Crippen LogP contribution < -0.4 is 0 Å². The summed E-state index contributed by atoms with van der Waals surface area (Å²) in [5, 5.41) is 0. The summed E-state index contributed by atoms with van der Waals surface area (Å²) in [5.41, 5.74) is 11.1. The maximum absolute atomic E-state index is 4.97. The smallest absolute Gasteiger partial charge is 0.144 e. The molecule has 0 bridgehead atoms. The summed E-state index contributed by atoms with van der Waals surface area (Å²) in [7, 11) is 0. The van der Waals surface area contributed by atoms with Crippen LogP contribution in [0.4, 0.5) is 0 Å². The van der Waals surface area contributed by atoms with Crippen LogP contribution in [0.5, 0.6) is 0 Å². The maximum Gasteiger partial charge on any atom is 0.144 e. The Morgan fingerprint density at radius 3 is 1.44 bits per heavy atom. The number of rotatable bonds is 6. The Hall–Kier alpha value is -3.91. The first-order valence-electron chi connectivity index (χ1n) is 14.8. The molecular formula is C37H36N2. The van der Waals surface area contributed by atoms with Crippen molar-refractivity contribution in [3.8, 4) is 39.3 Å². The fourth-order valence-corrected chi connectivity index (χ4v) is 7.21. The molecule has 2 aliphatic carbocycles. The van der Waals surface area contributed by atoms with Gasteiger partial charge in [-0.1, -0.05) is 117 Å². The number of hydrogen-bond acceptors (Lipinski definition) is 1. The molecule has 0 spiro atoms. The van der Waals surface area contributed by atoms with Crippen molar-refractivity contribution in [2.75, 3.05) is 0 Å². The van der Waals surface area contributed by atoms with E-state index in [9.17, 15) is 0 Å². The van der Waals surface area contributed by atoms with Gasteiger partial charge in [0.05, 0.1) is 5.69 Å². The molecule has 0 atom stereocenters. The van der Waals surface area contributed by atoms with E-state index < -0.39 is 0 Å². The van der Waals surface area contributed by atoms with Crippen LogP contribution in [0.3, 0.4) is 0 Å². The second-order valence-corrected chi connectivity index (χ2v) is 11.3. The summed E-state index contributed by atoms with van der Waals surface area (Å²) in [6.07, 6.45) is 14.5. The Morgan fingerprint density at radius 2 is 0.974 bits per heavy atom. The lowest BCUT2D eigenvalue weighted by Crippen LogP contribution is -2.13. The molecule has 7 rings (SSSR count). The molecule has 1 heterocycles. The first-order valence-corrected chi connectivity index (χ1v) is 14.8. The minimum absolute atomic E-state index is 0.561. The number of benzene rings is 4. The summed E-state index contributed by atoms with van der Waals surface area (Å²) in [4.78, 5) is 4.97. The van der Waals surface area contributed by atoms with Crippen molar-refractivity contribution < 1.29 is 0 Å². The van der Waals surface area contributed by atoms with Gasteiger partial charge in [-0.3, -0.25) is 4.57 Å². The number of nitrogens with zero attached hydrogens (tertiary/aromatic N) is 2. The van der Waals surface area contributed by atoms with Crippen molar-refractivity contribution in [1.82, 2.24) is 9.55 Å². The first-order chi connectivity index (χ1) is 19.4. The van der Waals surface area contributed by atoms with Crippen LogP contribution in [-0.4, -0.2) is 9.55 Å². The molecule has 0 N–H and O–H groups in total. The lowest BCUT2D eigenvalue weighted by atomic mass is 9.78. The van der Waals surface area contributed by atoms with Crippen molar-refractivity contribution in [2.45, 2.75) is 63.2 Å². The normalized spacial score (nSPS) is 16.2. The third-order valence-corrected chi connectivity index (χ3v) is 8.99. The molecule has 4 aromatic carbocycles. The van der Waals surface area contributed by atoms with Gasteiger partial charge in [0.1, 0.15) is 5.82 Å². The van der Waals surface area contributed by atoms with Crippen LogP contribution in [0, 0.1) is 0 Å². The number of hydrogen-bond donors (Lipinski definition) is 0. The Kier molecular flexibility index (Phi) is 6.62. The van der Waals surface area contributed by atoms with Gasteiger partial charge in [0.2, 0.25) is 0 Å². The third-order valence-electron chi connectivity index (χ3n) is 8.99. The number of imidazole rings is 1. The van der Waals surface area contributed by atoms with E-state index in [0.29, 0.717) is 11.8 Å². The minimum atomic E-state index is 0.561. The summed E-state index contributed by atoms with van der Waals surface area (Å²) < 4.78 is 2.45. The average Bonchev–Trinajstić information content (AvgIpc) is 3.81. The van der Waals surface area contributed by atoms with E-state index in [4.69, 9.17) is 4.98 Å². The van der Waals surface area contributed by atoms with Gasteiger partial charge in [0.15, 0.2) is 0 Å². The van der Waals surface area contributed by atoms with E-state index in [2.05, 4.69) is 108 Å². The van der Waals surface area contributed by atoms with Gasteiger partial charge < -0.3 is 0 Å². The van der Waals surface area contributed by atoms with Crippen LogP contribution in [0.25, 0.3) is 39.3 Å². The van der Waals surface area contributed by atoms with Gasteiger partial charge in [-0.2, -0.15) is 0 Å². The summed E-state index contributed by atoms with van der Waals surface area (Å²) in [5.74, 6) is 2.16. The van der Waals surface area contributed by atoms with E-state index in [0.717, 1.165) is 5.82 Å². The van der Waals surface area contributed by atoms with Gasteiger partial charge in [0.25, 0.3) is 0 Å². The predicted molar refractivity (Wildman–Crippen MR) is 162 cm³/mol. The molecule has 1 aromatic heterocycles. The quantitative estimate of drug-likeness (QED) is 0.223. The highest BCUT2D eigenvalue weighted by atomic mass is 15.1. The van der Waals surface area contributed by atoms with Crippen molar-refractivity contribution in [3.05, 3.63) is 121 Å². The fourth-order valence-electron chi connectivity index (χ4n) is 7.21. The average molecular weight is 509 g/mol. The maximum atomic E-state index is 4.97. The Bertz CT molecular complexity index is 1460. The van der Waals surface area contributed by atoms with Crippen LogP contribution >= 0.6 is 0 Å². The molecule has 194 valence electrons. The van der Waals surface area contributed by atoms with Crippen LogP contribution in [-0.2, 0) is 0 Å². The van der Waals surface area contributed by atoms with Crippen molar-refractivity contribution in [2.24, 2.45) is 0 Å². The van der Waals surface area contributed by atoms with Crippen molar-refractivity contribution in [1.29, 1.82) is 0 Å². The van der Waals surface area contributed by atoms with Crippen LogP contribution in [0.2, 0.25) is 0 Å². The second-order valence-electron chi connectivity index (χ2n) is 11.3. The molecular weight excluding hydrogens is 472 g/mol. The predicted octanol–water partition coefficient (Wildman–Crippen LogP) is 10.2. The van der Waals surface area contributed by atoms with Crippen LogP contribution in [0.15, 0.2) is 109 Å². The summed E-state index contributed by atoms with van der Waals surface area (Å²) in [6.45, 7) is 0.